The molecule has 0 saturated carbocycles. The molecule has 0 fully saturated rings. The summed E-state index contributed by atoms with van der Waals surface area (Å²) in [6.07, 6.45) is -4.74. The van der Waals surface area contributed by atoms with E-state index in [0.717, 1.165) is 22.8 Å². The van der Waals surface area contributed by atoms with Crippen LogP contribution in [0.25, 0.3) is 11.1 Å². The van der Waals surface area contributed by atoms with E-state index < -0.39 is 41.4 Å². The molecule has 0 aliphatic rings. The normalized spacial score (nSPS) is 12.7. The number of ether oxygens (including phenoxy) is 1. The summed E-state index contributed by atoms with van der Waals surface area (Å²) in [4.78, 5) is 48.3. The largest absolute Gasteiger partial charge is 0.508 e. The number of carbonyl (C=O) groups is 3. The zero-order valence-corrected chi connectivity index (χ0v) is 34.3. The summed E-state index contributed by atoms with van der Waals surface area (Å²) in [6.45, 7) is 9.37. The van der Waals surface area contributed by atoms with Gasteiger partial charge in [0, 0.05) is 60.6 Å². The number of nitrogens with zero attached hydrogens (tertiary/aromatic N) is 3. The number of thiazole rings is 1. The molecule has 3 amide bonds. The fourth-order valence-electron chi connectivity index (χ4n) is 6.25. The molecule has 306 valence electrons. The average molecular weight is 816 g/mol. The number of alkyl halides is 3. The van der Waals surface area contributed by atoms with Crippen LogP contribution in [0, 0.1) is 6.92 Å². The summed E-state index contributed by atoms with van der Waals surface area (Å²) in [6, 6.07) is 22.7. The summed E-state index contributed by atoms with van der Waals surface area (Å²) in [5, 5.41) is 19.3. The fourth-order valence-corrected chi connectivity index (χ4v) is 7.07. The highest BCUT2D eigenvalue weighted by Crippen LogP contribution is 2.31. The van der Waals surface area contributed by atoms with Gasteiger partial charge in [-0.1, -0.05) is 42.5 Å². The smallest absolute Gasteiger partial charge is 0.416 e. The van der Waals surface area contributed by atoms with Crippen molar-refractivity contribution in [1.29, 1.82) is 0 Å². The van der Waals surface area contributed by atoms with E-state index in [9.17, 15) is 32.7 Å². The van der Waals surface area contributed by atoms with Crippen molar-refractivity contribution in [2.24, 2.45) is 0 Å². The van der Waals surface area contributed by atoms with Crippen LogP contribution < -0.4 is 15.5 Å². The minimum absolute atomic E-state index is 0.0189. The molecule has 0 aliphatic carbocycles. The van der Waals surface area contributed by atoms with Crippen molar-refractivity contribution in [3.05, 3.63) is 135 Å². The molecule has 1 unspecified atom stereocenters. The maximum Gasteiger partial charge on any atom is 0.416 e. The second kappa shape index (κ2) is 18.2. The predicted octanol–water partition coefficient (Wildman–Crippen LogP) is 9.53. The highest BCUT2D eigenvalue weighted by molar-refractivity contribution is 7.09. The number of aromatic nitrogens is 1. The van der Waals surface area contributed by atoms with Crippen LogP contribution in [0.4, 0.5) is 23.7 Å². The number of aryl methyl sites for hydroxylation is 1. The van der Waals surface area contributed by atoms with Gasteiger partial charge >= 0.3 is 12.3 Å². The third-order valence-corrected chi connectivity index (χ3v) is 10.1. The van der Waals surface area contributed by atoms with Crippen molar-refractivity contribution >= 4 is 34.9 Å². The molecule has 58 heavy (non-hydrogen) atoms. The summed E-state index contributed by atoms with van der Waals surface area (Å²) < 4.78 is 45.8. The Hall–Kier alpha value is -5.73. The Balaban J connectivity index is 1.43. The first-order chi connectivity index (χ1) is 27.3. The molecule has 5 rings (SSSR count). The molecule has 3 N–H and O–H groups in total. The van der Waals surface area contributed by atoms with E-state index in [1.54, 1.807) is 96.4 Å². The minimum atomic E-state index is -4.49. The van der Waals surface area contributed by atoms with Gasteiger partial charge in [-0.2, -0.15) is 13.2 Å². The van der Waals surface area contributed by atoms with Crippen LogP contribution in [0.3, 0.4) is 0 Å². The Bertz CT molecular complexity index is 2250. The van der Waals surface area contributed by atoms with Gasteiger partial charge in [-0.3, -0.25) is 14.5 Å². The van der Waals surface area contributed by atoms with Gasteiger partial charge in [-0.05, 0) is 112 Å². The zero-order valence-electron chi connectivity index (χ0n) is 33.5. The lowest BCUT2D eigenvalue weighted by molar-refractivity contribution is -0.137. The van der Waals surface area contributed by atoms with Crippen molar-refractivity contribution in [2.45, 2.75) is 78.0 Å². The summed E-state index contributed by atoms with van der Waals surface area (Å²) in [7, 11) is 3.26. The van der Waals surface area contributed by atoms with Crippen molar-refractivity contribution < 1.29 is 37.4 Å². The van der Waals surface area contributed by atoms with Crippen molar-refractivity contribution in [3.63, 3.8) is 0 Å². The van der Waals surface area contributed by atoms with Crippen LogP contribution in [-0.2, 0) is 24.0 Å². The molecule has 0 spiro atoms. The molecule has 1 heterocycles. The quantitative estimate of drug-likeness (QED) is 0.108. The Labute approximate surface area is 340 Å². The Morgan fingerprint density at radius 1 is 0.897 bits per heavy atom. The molecule has 2 atom stereocenters. The standard InChI is InChI=1S/C44H48F3N5O5S/c1-27(17-38(31-13-10-16-37(53)23-31)48-24-29-11-8-14-35(18-29)44(45,46)47)50-40(54)33-19-32(20-34(21-33)41(55)51(6)25-39-49-28(2)26-58-39)30-12-9-15-36(22-30)52(7)42(56)57-43(3,4)5/h8-16,18-23,26-27,38,48,53H,17,24-25H2,1-7H3,(H,50,54)/t27-,38?/m0/s1. The van der Waals surface area contributed by atoms with Crippen molar-refractivity contribution in [2.75, 3.05) is 19.0 Å². The molecule has 0 bridgehead atoms. The summed E-state index contributed by atoms with van der Waals surface area (Å²) in [5.74, 6) is -0.775. The van der Waals surface area contributed by atoms with E-state index in [4.69, 9.17) is 4.74 Å². The first kappa shape index (κ1) is 43.4. The van der Waals surface area contributed by atoms with Crippen LogP contribution in [0.5, 0.6) is 5.75 Å². The highest BCUT2D eigenvalue weighted by Gasteiger charge is 2.30. The van der Waals surface area contributed by atoms with Crippen LogP contribution in [0.15, 0.2) is 96.4 Å². The molecule has 0 saturated heterocycles. The second-order valence-electron chi connectivity index (χ2n) is 15.3. The SMILES string of the molecule is Cc1csc(CN(C)C(=O)c2cc(C(=O)N[C@@H](C)CC(NCc3cccc(C(F)(F)F)c3)c3cccc(O)c3)cc(-c3cccc(N(C)C(=O)OC(C)(C)C)c3)c2)n1. The van der Waals surface area contributed by atoms with E-state index in [2.05, 4.69) is 15.6 Å². The number of phenolic OH excluding ortho intramolecular Hbond substituents is 1. The Kier molecular flexibility index (Phi) is 13.6. The topological polar surface area (TPSA) is 124 Å². The van der Waals surface area contributed by atoms with Crippen molar-refractivity contribution in [1.82, 2.24) is 20.5 Å². The van der Waals surface area contributed by atoms with Gasteiger partial charge in [0.1, 0.15) is 16.4 Å². The molecular formula is C44H48F3N5O5S. The number of hydrogen-bond donors (Lipinski definition) is 3. The van der Waals surface area contributed by atoms with Gasteiger partial charge in [0.25, 0.3) is 11.8 Å². The lowest BCUT2D eigenvalue weighted by Gasteiger charge is -2.25. The number of aromatic hydroxyl groups is 1. The number of halogens is 3. The fraction of sp³-hybridized carbons (Fsp3) is 0.318. The van der Waals surface area contributed by atoms with Gasteiger partial charge in [0.15, 0.2) is 0 Å². The van der Waals surface area contributed by atoms with Crippen LogP contribution in [0.2, 0.25) is 0 Å². The monoisotopic (exact) mass is 815 g/mol. The number of carbonyl (C=O) groups excluding carboxylic acids is 3. The first-order valence-electron chi connectivity index (χ1n) is 18.6. The Morgan fingerprint density at radius 2 is 1.60 bits per heavy atom. The first-order valence-corrected chi connectivity index (χ1v) is 19.5. The van der Waals surface area contributed by atoms with Gasteiger partial charge in [0.05, 0.1) is 12.1 Å². The van der Waals surface area contributed by atoms with Gasteiger partial charge in [-0.25, -0.2) is 9.78 Å². The van der Waals surface area contributed by atoms with E-state index in [0.29, 0.717) is 34.4 Å². The molecule has 5 aromatic rings. The third kappa shape index (κ3) is 11.9. The molecule has 0 radical (unpaired) electrons. The van der Waals surface area contributed by atoms with E-state index >= 15 is 0 Å². The molecule has 1 aromatic heterocycles. The van der Waals surface area contributed by atoms with Gasteiger partial charge in [-0.15, -0.1) is 11.3 Å². The maximum absolute atomic E-state index is 14.1. The van der Waals surface area contributed by atoms with Crippen LogP contribution >= 0.6 is 11.3 Å². The highest BCUT2D eigenvalue weighted by atomic mass is 32.1. The molecule has 10 nitrogen and oxygen atoms in total. The average Bonchev–Trinajstić information content (AvgIpc) is 3.58. The molecule has 14 heteroatoms. The maximum atomic E-state index is 14.1. The lowest BCUT2D eigenvalue weighted by atomic mass is 9.97. The summed E-state index contributed by atoms with van der Waals surface area (Å²) in [5.41, 5.74) is 2.70. The van der Waals surface area contributed by atoms with Crippen LogP contribution in [-0.4, -0.2) is 58.6 Å². The number of hydrogen-bond acceptors (Lipinski definition) is 8. The number of anilines is 1. The zero-order chi connectivity index (χ0) is 42.4. The number of phenols is 1. The van der Waals surface area contributed by atoms with Gasteiger partial charge < -0.3 is 25.4 Å². The number of benzene rings is 4. The third-order valence-electron chi connectivity index (χ3n) is 9.11. The van der Waals surface area contributed by atoms with Crippen LogP contribution in [0.1, 0.15) is 88.3 Å². The summed E-state index contributed by atoms with van der Waals surface area (Å²) >= 11 is 1.45. The second-order valence-corrected chi connectivity index (χ2v) is 16.2. The minimum Gasteiger partial charge on any atom is -0.508 e. The van der Waals surface area contributed by atoms with E-state index in [1.165, 1.54) is 39.3 Å². The van der Waals surface area contributed by atoms with Gasteiger partial charge in [0.2, 0.25) is 0 Å². The lowest BCUT2D eigenvalue weighted by Crippen LogP contribution is -2.36. The number of nitrogens with one attached hydrogen (secondary N) is 2. The molecule has 0 aliphatic heterocycles. The van der Waals surface area contributed by atoms with Crippen molar-refractivity contribution in [3.8, 4) is 16.9 Å². The Morgan fingerprint density at radius 3 is 2.28 bits per heavy atom. The van der Waals surface area contributed by atoms with E-state index in [-0.39, 0.29) is 35.9 Å². The predicted molar refractivity (Wildman–Crippen MR) is 220 cm³/mol. The molecular weight excluding hydrogens is 768 g/mol. The van der Waals surface area contributed by atoms with E-state index in [1.807, 2.05) is 18.4 Å². The number of amides is 3. The molecule has 4 aromatic carbocycles. The number of rotatable bonds is 13.